The average molecular weight is 299 g/mol. The summed E-state index contributed by atoms with van der Waals surface area (Å²) < 4.78 is 21.8. The Morgan fingerprint density at radius 2 is 1.90 bits per heavy atom. The summed E-state index contributed by atoms with van der Waals surface area (Å²) in [5, 5.41) is 0. The number of epoxide rings is 1. The normalized spacial score (nSPS) is 30.4. The van der Waals surface area contributed by atoms with Crippen molar-refractivity contribution in [2.45, 2.75) is 56.4 Å². The van der Waals surface area contributed by atoms with Crippen molar-refractivity contribution in [3.63, 3.8) is 0 Å². The van der Waals surface area contributed by atoms with Crippen LogP contribution in [0.3, 0.4) is 0 Å². The number of fused-ring (bicyclic) bond motifs is 1. The molecule has 114 valence electrons. The lowest BCUT2D eigenvalue weighted by atomic mass is 9.82. The van der Waals surface area contributed by atoms with Gasteiger partial charge in [-0.15, -0.1) is 0 Å². The van der Waals surface area contributed by atoms with Gasteiger partial charge in [0.1, 0.15) is 0 Å². The summed E-state index contributed by atoms with van der Waals surface area (Å²) in [5.74, 6) is 0.500. The van der Waals surface area contributed by atoms with Gasteiger partial charge in [0.2, 0.25) is 6.04 Å². The Balaban J connectivity index is 1.77. The maximum atomic E-state index is 7.45. The maximum absolute atomic E-state index is 7.45. The molecule has 5 nitrogen and oxygen atoms in total. The van der Waals surface area contributed by atoms with Crippen LogP contribution in [-0.4, -0.2) is 48.4 Å². The predicted molar refractivity (Wildman–Crippen MR) is 77.2 cm³/mol. The molecule has 0 aromatic heterocycles. The lowest BCUT2D eigenvalue weighted by Gasteiger charge is -2.25. The van der Waals surface area contributed by atoms with E-state index in [1.807, 2.05) is 0 Å². The van der Waals surface area contributed by atoms with E-state index >= 15 is 0 Å². The zero-order chi connectivity index (χ0) is 14.6. The molecule has 0 spiro atoms. The van der Waals surface area contributed by atoms with Gasteiger partial charge in [0, 0.05) is 39.7 Å². The van der Waals surface area contributed by atoms with Crippen LogP contribution >= 0.6 is 0 Å². The minimum atomic E-state index is -2.48. The van der Waals surface area contributed by atoms with Gasteiger partial charge in [0.15, 0.2) is 0 Å². The summed E-state index contributed by atoms with van der Waals surface area (Å²) in [6.07, 6.45) is 6.11. The van der Waals surface area contributed by atoms with Gasteiger partial charge in [-0.2, -0.15) is 0 Å². The number of nitrogens with zero attached hydrogens (tertiary/aromatic N) is 1. The van der Waals surface area contributed by atoms with E-state index in [-0.39, 0.29) is 6.04 Å². The third-order valence-electron chi connectivity index (χ3n) is 4.67. The number of rotatable bonds is 8. The van der Waals surface area contributed by atoms with Crippen molar-refractivity contribution in [3.8, 4) is 0 Å². The molecule has 0 N–H and O–H groups in total. The highest BCUT2D eigenvalue weighted by molar-refractivity contribution is 6.60. The Morgan fingerprint density at radius 1 is 1.20 bits per heavy atom. The molecule has 4 unspecified atom stereocenters. The Hall–Kier alpha value is -0.453. The predicted octanol–water partition coefficient (Wildman–Crippen LogP) is 2.50. The lowest BCUT2D eigenvalue weighted by Crippen LogP contribution is -2.42. The standard InChI is InChI=1S/C14H25NO4Si/c1-15-12(11-7-8-13-14(10-11)19-13)6-5-9-20(16-2,17-3)18-4/h11-14H,5-10H2,2-4H3. The second kappa shape index (κ2) is 7.01. The van der Waals surface area contributed by atoms with Gasteiger partial charge >= 0.3 is 8.80 Å². The van der Waals surface area contributed by atoms with E-state index in [0.717, 1.165) is 38.1 Å². The molecule has 2 rings (SSSR count). The highest BCUT2D eigenvalue weighted by atomic mass is 28.4. The first-order valence-corrected chi connectivity index (χ1v) is 9.28. The van der Waals surface area contributed by atoms with Crippen LogP contribution < -0.4 is 0 Å². The Morgan fingerprint density at radius 3 is 2.45 bits per heavy atom. The summed E-state index contributed by atoms with van der Waals surface area (Å²) in [6.45, 7) is 7.45. The van der Waals surface area contributed by atoms with Crippen molar-refractivity contribution in [1.82, 2.24) is 0 Å². The van der Waals surface area contributed by atoms with Crippen molar-refractivity contribution in [2.75, 3.05) is 21.3 Å². The molecule has 4 atom stereocenters. The molecule has 2 aliphatic rings. The minimum Gasteiger partial charge on any atom is -0.377 e. The summed E-state index contributed by atoms with van der Waals surface area (Å²) in [5.41, 5.74) is 0. The Labute approximate surface area is 122 Å². The average Bonchev–Trinajstić information content (AvgIpc) is 3.27. The van der Waals surface area contributed by atoms with Crippen LogP contribution in [0.15, 0.2) is 0 Å². The molecule has 0 aromatic carbocycles. The van der Waals surface area contributed by atoms with E-state index in [1.54, 1.807) is 21.3 Å². The fourth-order valence-corrected chi connectivity index (χ4v) is 5.02. The molecule has 1 heterocycles. The molecule has 0 amide bonds. The molecule has 1 saturated carbocycles. The van der Waals surface area contributed by atoms with Gasteiger partial charge in [0.05, 0.1) is 12.2 Å². The van der Waals surface area contributed by atoms with Crippen molar-refractivity contribution >= 4 is 8.80 Å². The first-order chi connectivity index (χ1) is 9.68. The van der Waals surface area contributed by atoms with Gasteiger partial charge < -0.3 is 22.9 Å². The van der Waals surface area contributed by atoms with Crippen LogP contribution in [0.1, 0.15) is 32.1 Å². The van der Waals surface area contributed by atoms with Crippen LogP contribution in [0.2, 0.25) is 6.04 Å². The second-order valence-electron chi connectivity index (χ2n) is 5.67. The van der Waals surface area contributed by atoms with Gasteiger partial charge in [-0.1, -0.05) is 0 Å². The number of hydrogen-bond donors (Lipinski definition) is 0. The van der Waals surface area contributed by atoms with Gasteiger partial charge in [0.25, 0.3) is 0 Å². The topological polar surface area (TPSA) is 44.6 Å². The molecule has 1 aliphatic carbocycles. The van der Waals surface area contributed by atoms with Crippen LogP contribution in [-0.2, 0) is 18.0 Å². The molecule has 0 aromatic rings. The fraction of sp³-hybridized carbons (Fsp3) is 0.929. The molecule has 0 bridgehead atoms. The van der Waals surface area contributed by atoms with E-state index in [4.69, 9.17) is 24.6 Å². The lowest BCUT2D eigenvalue weighted by molar-refractivity contribution is 0.122. The van der Waals surface area contributed by atoms with Gasteiger partial charge in [-0.3, -0.25) is 0 Å². The van der Waals surface area contributed by atoms with Crippen molar-refractivity contribution in [2.24, 2.45) is 5.92 Å². The first kappa shape index (κ1) is 15.9. The Kier molecular flexibility index (Phi) is 5.58. The largest absolute Gasteiger partial charge is 0.500 e. The minimum absolute atomic E-state index is 0.109. The van der Waals surface area contributed by atoms with Crippen LogP contribution in [0.25, 0.3) is 4.85 Å². The van der Waals surface area contributed by atoms with E-state index < -0.39 is 8.80 Å². The molecule has 1 saturated heterocycles. The monoisotopic (exact) mass is 299 g/mol. The maximum Gasteiger partial charge on any atom is 0.500 e. The van der Waals surface area contributed by atoms with Gasteiger partial charge in [-0.25, -0.2) is 6.57 Å². The third-order valence-corrected chi connectivity index (χ3v) is 7.50. The highest BCUT2D eigenvalue weighted by Crippen LogP contribution is 2.42. The zero-order valence-corrected chi connectivity index (χ0v) is 13.6. The first-order valence-electron chi connectivity index (χ1n) is 7.35. The number of ether oxygens (including phenoxy) is 1. The van der Waals surface area contributed by atoms with E-state index in [1.165, 1.54) is 0 Å². The van der Waals surface area contributed by atoms with Crippen LogP contribution in [0.4, 0.5) is 0 Å². The van der Waals surface area contributed by atoms with Crippen molar-refractivity contribution < 1.29 is 18.0 Å². The second-order valence-corrected chi connectivity index (χ2v) is 8.76. The zero-order valence-electron chi connectivity index (χ0n) is 12.6. The van der Waals surface area contributed by atoms with Gasteiger partial charge in [-0.05, 0) is 25.7 Å². The summed E-state index contributed by atoms with van der Waals surface area (Å²) in [7, 11) is 2.43. The molecular formula is C14H25NO4Si. The quantitative estimate of drug-likeness (QED) is 0.392. The fourth-order valence-electron chi connectivity index (χ4n) is 3.27. The molecular weight excluding hydrogens is 274 g/mol. The summed E-state index contributed by atoms with van der Waals surface area (Å²) in [6, 6.07) is 0.884. The van der Waals surface area contributed by atoms with E-state index in [0.29, 0.717) is 18.1 Å². The summed E-state index contributed by atoms with van der Waals surface area (Å²) in [4.78, 5) is 3.85. The van der Waals surface area contributed by atoms with Crippen LogP contribution in [0, 0.1) is 12.5 Å². The van der Waals surface area contributed by atoms with Crippen LogP contribution in [0.5, 0.6) is 0 Å². The highest BCUT2D eigenvalue weighted by Gasteiger charge is 2.47. The molecule has 20 heavy (non-hydrogen) atoms. The Bertz CT molecular complexity index is 347. The number of hydrogen-bond acceptors (Lipinski definition) is 4. The van der Waals surface area contributed by atoms with Crippen molar-refractivity contribution in [3.05, 3.63) is 11.4 Å². The SMILES string of the molecule is [C-]#[N+]C(CCC[Si](OC)(OC)OC)C1CCC2OC2C1. The molecule has 0 radical (unpaired) electrons. The van der Waals surface area contributed by atoms with Crippen molar-refractivity contribution in [1.29, 1.82) is 0 Å². The third kappa shape index (κ3) is 3.60. The molecule has 6 heteroatoms. The molecule has 2 fully saturated rings. The summed E-state index contributed by atoms with van der Waals surface area (Å²) >= 11 is 0. The molecule has 1 aliphatic heterocycles. The smallest absolute Gasteiger partial charge is 0.377 e. The van der Waals surface area contributed by atoms with E-state index in [2.05, 4.69) is 4.85 Å². The van der Waals surface area contributed by atoms with E-state index in [9.17, 15) is 0 Å².